The van der Waals surface area contributed by atoms with Gasteiger partial charge in [-0.2, -0.15) is 0 Å². The highest BCUT2D eigenvalue weighted by atomic mass is 35.6. The van der Waals surface area contributed by atoms with Gasteiger partial charge in [0, 0.05) is 0 Å². The summed E-state index contributed by atoms with van der Waals surface area (Å²) in [6.07, 6.45) is 0. The molecule has 0 unspecified atom stereocenters. The van der Waals surface area contributed by atoms with Crippen molar-refractivity contribution < 1.29 is 4.79 Å². The Bertz CT molecular complexity index is 334. The zero-order valence-electron chi connectivity index (χ0n) is 8.01. The van der Waals surface area contributed by atoms with Crippen LogP contribution in [-0.4, -0.2) is 9.70 Å². The predicted molar refractivity (Wildman–Crippen MR) is 63.3 cm³/mol. The minimum atomic E-state index is -1.91. The molecule has 82 valence electrons. The number of hydrogen-bond acceptors (Lipinski definition) is 1. The molecule has 0 aliphatic heterocycles. The molecule has 0 radical (unpaired) electrons. The van der Waals surface area contributed by atoms with Crippen molar-refractivity contribution >= 4 is 40.7 Å². The first-order valence-corrected chi connectivity index (χ1v) is 5.47. The summed E-state index contributed by atoms with van der Waals surface area (Å²) in [6.45, 7) is 1.82. The monoisotopic (exact) mass is 265 g/mol. The minimum Gasteiger partial charge on any atom is -0.346 e. The molecule has 1 rings (SSSR count). The Balaban J connectivity index is 2.65. The van der Waals surface area contributed by atoms with Gasteiger partial charge in [0.1, 0.15) is 0 Å². The number of benzene rings is 1. The van der Waals surface area contributed by atoms with E-state index >= 15 is 0 Å². The van der Waals surface area contributed by atoms with E-state index < -0.39 is 9.70 Å². The molecular weight excluding hydrogens is 256 g/mol. The summed E-state index contributed by atoms with van der Waals surface area (Å²) < 4.78 is -1.91. The Morgan fingerprint density at radius 2 is 1.80 bits per heavy atom. The molecule has 1 N–H and O–H groups in total. The van der Waals surface area contributed by atoms with Crippen LogP contribution in [0.3, 0.4) is 0 Å². The molecule has 0 aliphatic carbocycles. The average molecular weight is 267 g/mol. The fraction of sp³-hybridized carbons (Fsp3) is 0.300. The maximum atomic E-state index is 11.3. The average Bonchev–Trinajstić information content (AvgIpc) is 2.17. The lowest BCUT2D eigenvalue weighted by Gasteiger charge is -2.17. The van der Waals surface area contributed by atoms with Crippen molar-refractivity contribution in [1.29, 1.82) is 0 Å². The maximum absolute atomic E-state index is 11.3. The van der Waals surface area contributed by atoms with Gasteiger partial charge in [0.2, 0.25) is 0 Å². The van der Waals surface area contributed by atoms with Crippen LogP contribution in [-0.2, 0) is 4.79 Å². The van der Waals surface area contributed by atoms with E-state index in [0.29, 0.717) is 0 Å². The number of carbonyl (C=O) groups is 1. The first-order valence-electron chi connectivity index (χ1n) is 4.34. The van der Waals surface area contributed by atoms with E-state index in [0.717, 1.165) is 5.56 Å². The zero-order chi connectivity index (χ0) is 11.5. The van der Waals surface area contributed by atoms with E-state index in [2.05, 4.69) is 5.32 Å². The molecule has 0 heterocycles. The molecule has 2 nitrogen and oxygen atoms in total. The fourth-order valence-electron chi connectivity index (χ4n) is 1.10. The first kappa shape index (κ1) is 12.6. The summed E-state index contributed by atoms with van der Waals surface area (Å²) in [5.41, 5.74) is 0.958. The second-order valence-corrected chi connectivity index (χ2v) is 5.38. The number of carbonyl (C=O) groups excluding carboxylic acids is 1. The van der Waals surface area contributed by atoms with Crippen LogP contribution in [0.5, 0.6) is 0 Å². The summed E-state index contributed by atoms with van der Waals surface area (Å²) >= 11 is 16.3. The Hall–Kier alpha value is -0.440. The summed E-state index contributed by atoms with van der Waals surface area (Å²) in [5, 5.41) is 2.60. The molecule has 1 atom stereocenters. The molecule has 0 aromatic heterocycles. The second-order valence-electron chi connectivity index (χ2n) is 3.10. The molecule has 0 fully saturated rings. The van der Waals surface area contributed by atoms with Gasteiger partial charge in [0.25, 0.3) is 9.70 Å². The largest absolute Gasteiger partial charge is 0.346 e. The molecule has 1 aromatic carbocycles. The van der Waals surface area contributed by atoms with Crippen LogP contribution >= 0.6 is 34.8 Å². The number of alkyl halides is 3. The molecular formula is C10H10Cl3NO. The Morgan fingerprint density at radius 3 is 2.27 bits per heavy atom. The summed E-state index contributed by atoms with van der Waals surface area (Å²) in [4.78, 5) is 11.3. The van der Waals surface area contributed by atoms with E-state index in [-0.39, 0.29) is 6.04 Å². The summed E-state index contributed by atoms with van der Waals surface area (Å²) in [7, 11) is 0. The lowest BCUT2D eigenvalue weighted by atomic mass is 10.1. The van der Waals surface area contributed by atoms with Gasteiger partial charge in [-0.05, 0) is 12.5 Å². The normalized spacial score (nSPS) is 13.3. The van der Waals surface area contributed by atoms with Gasteiger partial charge in [-0.1, -0.05) is 65.1 Å². The highest BCUT2D eigenvalue weighted by molar-refractivity contribution is 6.76. The third-order valence-corrected chi connectivity index (χ3v) is 2.42. The zero-order valence-corrected chi connectivity index (χ0v) is 10.3. The number of hydrogen-bond donors (Lipinski definition) is 1. The number of amides is 1. The van der Waals surface area contributed by atoms with Crippen LogP contribution < -0.4 is 5.32 Å². The minimum absolute atomic E-state index is 0.186. The van der Waals surface area contributed by atoms with Crippen LogP contribution in [0.15, 0.2) is 30.3 Å². The maximum Gasteiger partial charge on any atom is 0.272 e. The fourth-order valence-corrected chi connectivity index (χ4v) is 1.27. The lowest BCUT2D eigenvalue weighted by molar-refractivity contribution is -0.120. The van der Waals surface area contributed by atoms with Crippen molar-refractivity contribution in [3.63, 3.8) is 0 Å². The molecule has 15 heavy (non-hydrogen) atoms. The molecule has 1 aromatic rings. The lowest BCUT2D eigenvalue weighted by Crippen LogP contribution is -2.36. The molecule has 0 saturated heterocycles. The van der Waals surface area contributed by atoms with Gasteiger partial charge in [-0.15, -0.1) is 0 Å². The van der Waals surface area contributed by atoms with Crippen molar-refractivity contribution in [2.45, 2.75) is 16.8 Å². The quantitative estimate of drug-likeness (QED) is 0.818. The van der Waals surface area contributed by atoms with E-state index in [4.69, 9.17) is 34.8 Å². The van der Waals surface area contributed by atoms with Gasteiger partial charge in [-0.25, -0.2) is 0 Å². The topological polar surface area (TPSA) is 29.1 Å². The van der Waals surface area contributed by atoms with Gasteiger partial charge in [0.05, 0.1) is 6.04 Å². The number of rotatable bonds is 2. The molecule has 0 bridgehead atoms. The van der Waals surface area contributed by atoms with Crippen LogP contribution in [0, 0.1) is 0 Å². The summed E-state index contributed by atoms with van der Waals surface area (Å²) in [5.74, 6) is -0.621. The van der Waals surface area contributed by atoms with Crippen LogP contribution in [0.2, 0.25) is 0 Å². The van der Waals surface area contributed by atoms with Gasteiger partial charge in [-0.3, -0.25) is 4.79 Å². The van der Waals surface area contributed by atoms with Gasteiger partial charge < -0.3 is 5.32 Å². The van der Waals surface area contributed by atoms with Crippen molar-refractivity contribution in [3.8, 4) is 0 Å². The van der Waals surface area contributed by atoms with Crippen LogP contribution in [0.1, 0.15) is 18.5 Å². The van der Waals surface area contributed by atoms with Crippen molar-refractivity contribution in [1.82, 2.24) is 5.32 Å². The van der Waals surface area contributed by atoms with Crippen molar-refractivity contribution in [2.24, 2.45) is 0 Å². The Morgan fingerprint density at radius 1 is 1.27 bits per heavy atom. The number of nitrogens with one attached hydrogen (secondary N) is 1. The van der Waals surface area contributed by atoms with E-state index in [1.165, 1.54) is 0 Å². The van der Waals surface area contributed by atoms with Gasteiger partial charge >= 0.3 is 0 Å². The first-order chi connectivity index (χ1) is 6.91. The highest BCUT2D eigenvalue weighted by Crippen LogP contribution is 2.27. The Labute approximate surface area is 104 Å². The van der Waals surface area contributed by atoms with Crippen molar-refractivity contribution in [2.75, 3.05) is 0 Å². The second kappa shape index (κ2) is 5.06. The van der Waals surface area contributed by atoms with E-state index in [1.54, 1.807) is 0 Å². The predicted octanol–water partition coefficient (Wildman–Crippen LogP) is 3.23. The molecule has 0 spiro atoms. The van der Waals surface area contributed by atoms with Gasteiger partial charge in [0.15, 0.2) is 0 Å². The third-order valence-electron chi connectivity index (χ3n) is 1.90. The third kappa shape index (κ3) is 3.90. The smallest absolute Gasteiger partial charge is 0.272 e. The molecule has 1 amide bonds. The van der Waals surface area contributed by atoms with E-state index in [1.807, 2.05) is 37.3 Å². The SMILES string of the molecule is C[C@H](NC(=O)C(Cl)(Cl)Cl)c1ccccc1. The molecule has 0 saturated carbocycles. The standard InChI is InChI=1S/C10H10Cl3NO/c1-7(8-5-3-2-4-6-8)14-9(15)10(11,12)13/h2-7H,1H3,(H,14,15)/t7-/m0/s1. The number of halogens is 3. The molecule has 0 aliphatic rings. The summed E-state index contributed by atoms with van der Waals surface area (Å²) in [6, 6.07) is 9.26. The highest BCUT2D eigenvalue weighted by Gasteiger charge is 2.31. The molecule has 5 heteroatoms. The van der Waals surface area contributed by atoms with Crippen molar-refractivity contribution in [3.05, 3.63) is 35.9 Å². The van der Waals surface area contributed by atoms with E-state index in [9.17, 15) is 4.79 Å². The van der Waals surface area contributed by atoms with Crippen LogP contribution in [0.4, 0.5) is 0 Å². The van der Waals surface area contributed by atoms with Crippen LogP contribution in [0.25, 0.3) is 0 Å². The Kier molecular flexibility index (Phi) is 4.26.